The molecule has 2 heteroatoms. The minimum Gasteiger partial charge on any atom is -0.236 e. The lowest BCUT2D eigenvalue weighted by Gasteiger charge is -2.32. The molecule has 1 aliphatic heterocycles. The second kappa shape index (κ2) is 10.7. The molecular weight excluding hydrogens is 236 g/mol. The van der Waals surface area contributed by atoms with Gasteiger partial charge in [0.15, 0.2) is 0 Å². The van der Waals surface area contributed by atoms with E-state index in [2.05, 4.69) is 13.8 Å². The molecule has 0 spiro atoms. The first kappa shape index (κ1) is 17.0. The van der Waals surface area contributed by atoms with Crippen molar-refractivity contribution in [1.82, 2.24) is 0 Å². The van der Waals surface area contributed by atoms with Gasteiger partial charge in [0.2, 0.25) is 0 Å². The van der Waals surface area contributed by atoms with Crippen LogP contribution in [0.15, 0.2) is 0 Å². The second-order valence-corrected chi connectivity index (χ2v) is 6.39. The number of hydrogen-bond acceptors (Lipinski definition) is 2. The Labute approximate surface area is 120 Å². The maximum atomic E-state index is 5.45. The van der Waals surface area contributed by atoms with Crippen molar-refractivity contribution < 1.29 is 9.78 Å². The average molecular weight is 270 g/mol. The summed E-state index contributed by atoms with van der Waals surface area (Å²) in [5.41, 5.74) is -0.00158. The average Bonchev–Trinajstić information content (AvgIpc) is 2.42. The maximum Gasteiger partial charge on any atom is 0.101 e. The number of rotatable bonds is 11. The molecule has 1 atom stereocenters. The first-order valence-corrected chi connectivity index (χ1v) is 8.57. The first-order valence-electron chi connectivity index (χ1n) is 8.57. The van der Waals surface area contributed by atoms with Gasteiger partial charge in [-0.25, -0.2) is 9.78 Å². The van der Waals surface area contributed by atoms with Crippen LogP contribution >= 0.6 is 0 Å². The van der Waals surface area contributed by atoms with Crippen molar-refractivity contribution in [2.45, 2.75) is 103 Å². The Kier molecular flexibility index (Phi) is 9.54. The Balaban J connectivity index is 1.83. The lowest BCUT2D eigenvalue weighted by molar-refractivity contribution is -0.380. The molecule has 0 aromatic carbocycles. The van der Waals surface area contributed by atoms with E-state index in [1.165, 1.54) is 64.2 Å². The third-order valence-corrected chi connectivity index (χ3v) is 4.25. The van der Waals surface area contributed by atoms with Crippen LogP contribution < -0.4 is 0 Å². The fraction of sp³-hybridized carbons (Fsp3) is 1.00. The summed E-state index contributed by atoms with van der Waals surface area (Å²) in [5, 5.41) is 0. The number of hydrogen-bond donors (Lipinski definition) is 0. The summed E-state index contributed by atoms with van der Waals surface area (Å²) in [6.45, 7) is 5.25. The van der Waals surface area contributed by atoms with E-state index in [9.17, 15) is 0 Å². The largest absolute Gasteiger partial charge is 0.236 e. The van der Waals surface area contributed by atoms with Gasteiger partial charge in [-0.2, -0.15) is 0 Å². The third kappa shape index (κ3) is 8.65. The molecule has 0 aliphatic carbocycles. The van der Waals surface area contributed by atoms with Crippen molar-refractivity contribution >= 4 is 0 Å². The molecule has 0 amide bonds. The van der Waals surface area contributed by atoms with Crippen molar-refractivity contribution in [2.24, 2.45) is 0 Å². The Morgan fingerprint density at radius 1 is 0.842 bits per heavy atom. The van der Waals surface area contributed by atoms with Gasteiger partial charge >= 0.3 is 0 Å². The molecule has 19 heavy (non-hydrogen) atoms. The predicted octanol–water partition coefficient (Wildman–Crippen LogP) is 5.80. The van der Waals surface area contributed by atoms with Gasteiger partial charge in [0.25, 0.3) is 0 Å². The van der Waals surface area contributed by atoms with Gasteiger partial charge in [0, 0.05) is 0 Å². The summed E-state index contributed by atoms with van der Waals surface area (Å²) in [5.74, 6) is 0. The molecule has 0 aromatic rings. The van der Waals surface area contributed by atoms with Gasteiger partial charge in [-0.15, -0.1) is 0 Å². The topological polar surface area (TPSA) is 18.5 Å². The van der Waals surface area contributed by atoms with Gasteiger partial charge in [-0.3, -0.25) is 0 Å². The van der Waals surface area contributed by atoms with Crippen LogP contribution in [0.4, 0.5) is 0 Å². The molecule has 114 valence electrons. The Morgan fingerprint density at radius 3 is 1.95 bits per heavy atom. The van der Waals surface area contributed by atoms with Gasteiger partial charge < -0.3 is 0 Å². The highest BCUT2D eigenvalue weighted by atomic mass is 17.2. The van der Waals surface area contributed by atoms with Crippen molar-refractivity contribution in [3.63, 3.8) is 0 Å². The normalized spacial score (nSPS) is 23.7. The minimum absolute atomic E-state index is 0.00158. The Bertz CT molecular complexity index is 197. The van der Waals surface area contributed by atoms with E-state index < -0.39 is 0 Å². The van der Waals surface area contributed by atoms with Crippen LogP contribution in [0, 0.1) is 0 Å². The molecule has 1 rings (SSSR count). The van der Waals surface area contributed by atoms with Crippen LogP contribution in [0.2, 0.25) is 0 Å². The summed E-state index contributed by atoms with van der Waals surface area (Å²) in [6, 6.07) is 0. The molecule has 2 nitrogen and oxygen atoms in total. The quantitative estimate of drug-likeness (QED) is 0.349. The van der Waals surface area contributed by atoms with Crippen molar-refractivity contribution in [3.8, 4) is 0 Å². The van der Waals surface area contributed by atoms with E-state index in [0.717, 1.165) is 25.9 Å². The summed E-state index contributed by atoms with van der Waals surface area (Å²) < 4.78 is 0. The zero-order chi connectivity index (χ0) is 13.8. The molecule has 0 N–H and O–H groups in total. The molecule has 1 heterocycles. The Hall–Kier alpha value is -0.0800. The standard InChI is InChI=1S/C17H34O2/c1-3-4-5-6-7-8-9-10-11-12-14-17(2)15-13-16-18-19-17/h3-16H2,1-2H3. The molecule has 0 radical (unpaired) electrons. The fourth-order valence-corrected chi connectivity index (χ4v) is 2.88. The minimum atomic E-state index is -0.00158. The van der Waals surface area contributed by atoms with Crippen LogP contribution in [0.25, 0.3) is 0 Å². The lowest BCUT2D eigenvalue weighted by Crippen LogP contribution is -2.33. The monoisotopic (exact) mass is 270 g/mol. The van der Waals surface area contributed by atoms with Crippen LogP contribution in [0.1, 0.15) is 97.3 Å². The summed E-state index contributed by atoms with van der Waals surface area (Å²) in [6.07, 6.45) is 17.4. The van der Waals surface area contributed by atoms with E-state index in [1.807, 2.05) is 0 Å². The van der Waals surface area contributed by atoms with Crippen LogP contribution in [0.3, 0.4) is 0 Å². The number of unbranched alkanes of at least 4 members (excludes halogenated alkanes) is 9. The highest BCUT2D eigenvalue weighted by Gasteiger charge is 2.28. The SMILES string of the molecule is CCCCCCCCCCCCC1(C)CCCOO1. The highest BCUT2D eigenvalue weighted by molar-refractivity contribution is 4.75. The Morgan fingerprint density at radius 2 is 1.42 bits per heavy atom. The lowest BCUT2D eigenvalue weighted by atomic mass is 9.92. The van der Waals surface area contributed by atoms with Gasteiger partial charge in [-0.05, 0) is 26.2 Å². The molecule has 1 fully saturated rings. The van der Waals surface area contributed by atoms with Gasteiger partial charge in [0.05, 0.1) is 6.61 Å². The first-order chi connectivity index (χ1) is 9.27. The predicted molar refractivity (Wildman–Crippen MR) is 81.1 cm³/mol. The smallest absolute Gasteiger partial charge is 0.101 e. The van der Waals surface area contributed by atoms with Crippen LogP contribution in [-0.2, 0) is 9.78 Å². The molecule has 1 saturated heterocycles. The van der Waals surface area contributed by atoms with E-state index in [0.29, 0.717) is 0 Å². The van der Waals surface area contributed by atoms with Gasteiger partial charge in [-0.1, -0.05) is 71.1 Å². The highest BCUT2D eigenvalue weighted by Crippen LogP contribution is 2.28. The van der Waals surface area contributed by atoms with E-state index in [1.54, 1.807) is 0 Å². The van der Waals surface area contributed by atoms with Gasteiger partial charge in [0.1, 0.15) is 5.60 Å². The fourth-order valence-electron chi connectivity index (χ4n) is 2.88. The van der Waals surface area contributed by atoms with E-state index in [-0.39, 0.29) is 5.60 Å². The van der Waals surface area contributed by atoms with Crippen molar-refractivity contribution in [2.75, 3.05) is 6.61 Å². The van der Waals surface area contributed by atoms with E-state index >= 15 is 0 Å². The molecule has 0 aromatic heterocycles. The summed E-state index contributed by atoms with van der Waals surface area (Å²) in [4.78, 5) is 10.6. The molecular formula is C17H34O2. The maximum absolute atomic E-state index is 5.45. The molecule has 0 saturated carbocycles. The van der Waals surface area contributed by atoms with Crippen LogP contribution in [-0.4, -0.2) is 12.2 Å². The van der Waals surface area contributed by atoms with Crippen LogP contribution in [0.5, 0.6) is 0 Å². The van der Waals surface area contributed by atoms with Crippen molar-refractivity contribution in [3.05, 3.63) is 0 Å². The third-order valence-electron chi connectivity index (χ3n) is 4.25. The van der Waals surface area contributed by atoms with Crippen molar-refractivity contribution in [1.29, 1.82) is 0 Å². The zero-order valence-electron chi connectivity index (χ0n) is 13.2. The molecule has 1 unspecified atom stereocenters. The second-order valence-electron chi connectivity index (χ2n) is 6.39. The summed E-state index contributed by atoms with van der Waals surface area (Å²) >= 11 is 0. The summed E-state index contributed by atoms with van der Waals surface area (Å²) in [7, 11) is 0. The van der Waals surface area contributed by atoms with E-state index in [4.69, 9.17) is 9.78 Å². The zero-order valence-corrected chi connectivity index (χ0v) is 13.2. The molecule has 1 aliphatic rings. The molecule has 0 bridgehead atoms.